The third-order valence-electron chi connectivity index (χ3n) is 5.26. The summed E-state index contributed by atoms with van der Waals surface area (Å²) in [6.07, 6.45) is 3.16. The zero-order valence-corrected chi connectivity index (χ0v) is 19.4. The van der Waals surface area contributed by atoms with Crippen molar-refractivity contribution in [2.75, 3.05) is 12.4 Å². The lowest BCUT2D eigenvalue weighted by atomic mass is 10.1. The summed E-state index contributed by atoms with van der Waals surface area (Å²) >= 11 is 1.39. The van der Waals surface area contributed by atoms with E-state index in [0.29, 0.717) is 17.8 Å². The van der Waals surface area contributed by atoms with Gasteiger partial charge in [-0.2, -0.15) is 5.10 Å². The Balaban J connectivity index is 1.58. The van der Waals surface area contributed by atoms with Crippen molar-refractivity contribution in [1.82, 2.24) is 9.78 Å². The number of nitrogens with zero attached hydrogens (tertiary/aromatic N) is 2. The van der Waals surface area contributed by atoms with Gasteiger partial charge in [-0.15, -0.1) is 11.3 Å². The summed E-state index contributed by atoms with van der Waals surface area (Å²) in [7, 11) is 1.62. The number of hydrogen-bond acceptors (Lipinski definition) is 6. The molecule has 0 unspecified atom stereocenters. The molecule has 0 saturated carbocycles. The van der Waals surface area contributed by atoms with Crippen molar-refractivity contribution in [3.05, 3.63) is 88.2 Å². The number of carbonyl (C=O) groups excluding carboxylic acids is 2. The molecule has 0 atom stereocenters. The molecule has 0 saturated heterocycles. The van der Waals surface area contributed by atoms with Crippen molar-refractivity contribution in [2.24, 2.45) is 0 Å². The average molecular weight is 460 g/mol. The van der Waals surface area contributed by atoms with Crippen molar-refractivity contribution >= 4 is 28.7 Å². The zero-order valence-electron chi connectivity index (χ0n) is 18.6. The molecule has 0 radical (unpaired) electrons. The van der Waals surface area contributed by atoms with E-state index in [1.807, 2.05) is 66.9 Å². The lowest BCUT2D eigenvalue weighted by molar-refractivity contribution is 0.0947. The van der Waals surface area contributed by atoms with Crippen molar-refractivity contribution in [3.63, 3.8) is 0 Å². The summed E-state index contributed by atoms with van der Waals surface area (Å²) in [6.45, 7) is 2.47. The summed E-state index contributed by atoms with van der Waals surface area (Å²) in [6, 6.07) is 18.7. The third kappa shape index (κ3) is 5.21. The standard InChI is InChI=1S/C26H25N3O3S/c1-3-5-23(30)18-7-11-21(12-8-18)27-16-20-17-29(26(31)24-6-4-15-33-24)28-25(20)19-9-13-22(32-2)14-10-19/h4,6-15,17,27H,3,5,16H2,1-2H3. The Kier molecular flexibility index (Phi) is 7.00. The summed E-state index contributed by atoms with van der Waals surface area (Å²) in [4.78, 5) is 25.6. The van der Waals surface area contributed by atoms with Gasteiger partial charge in [0.2, 0.25) is 0 Å². The van der Waals surface area contributed by atoms with Gasteiger partial charge in [0.05, 0.1) is 17.7 Å². The molecule has 0 aliphatic heterocycles. The first-order valence-electron chi connectivity index (χ1n) is 10.8. The largest absolute Gasteiger partial charge is 0.497 e. The van der Waals surface area contributed by atoms with E-state index in [1.54, 1.807) is 19.4 Å². The van der Waals surface area contributed by atoms with Crippen LogP contribution in [0.4, 0.5) is 5.69 Å². The van der Waals surface area contributed by atoms with Crippen LogP contribution in [0.25, 0.3) is 11.3 Å². The van der Waals surface area contributed by atoms with Crippen LogP contribution >= 0.6 is 11.3 Å². The van der Waals surface area contributed by atoms with Crippen LogP contribution in [0, 0.1) is 0 Å². The van der Waals surface area contributed by atoms with E-state index in [0.717, 1.165) is 40.2 Å². The molecule has 33 heavy (non-hydrogen) atoms. The van der Waals surface area contributed by atoms with Crippen molar-refractivity contribution in [3.8, 4) is 17.0 Å². The van der Waals surface area contributed by atoms with Crippen molar-refractivity contribution < 1.29 is 14.3 Å². The minimum Gasteiger partial charge on any atom is -0.497 e. The Morgan fingerprint density at radius 3 is 2.45 bits per heavy atom. The number of methoxy groups -OCH3 is 1. The topological polar surface area (TPSA) is 73.2 Å². The molecule has 0 bridgehead atoms. The molecule has 2 heterocycles. The minimum absolute atomic E-state index is 0.152. The quantitative estimate of drug-likeness (QED) is 0.315. The van der Waals surface area contributed by atoms with Crippen LogP contribution in [-0.4, -0.2) is 28.6 Å². The molecule has 0 amide bonds. The lowest BCUT2D eigenvalue weighted by Gasteiger charge is -2.08. The van der Waals surface area contributed by atoms with Crippen LogP contribution in [0.5, 0.6) is 5.75 Å². The van der Waals surface area contributed by atoms with E-state index in [4.69, 9.17) is 4.74 Å². The Morgan fingerprint density at radius 2 is 1.82 bits per heavy atom. The molecule has 2 aromatic heterocycles. The highest BCUT2D eigenvalue weighted by molar-refractivity contribution is 7.12. The van der Waals surface area contributed by atoms with Gasteiger partial charge >= 0.3 is 0 Å². The van der Waals surface area contributed by atoms with Crippen molar-refractivity contribution in [2.45, 2.75) is 26.3 Å². The monoisotopic (exact) mass is 459 g/mol. The smallest absolute Gasteiger partial charge is 0.288 e. The summed E-state index contributed by atoms with van der Waals surface area (Å²) in [5.41, 5.74) is 4.11. The van der Waals surface area contributed by atoms with Crippen LogP contribution < -0.4 is 10.1 Å². The first-order chi connectivity index (χ1) is 16.1. The van der Waals surface area contributed by atoms with E-state index in [2.05, 4.69) is 10.4 Å². The SMILES string of the molecule is CCCC(=O)c1ccc(NCc2cn(C(=O)c3cccs3)nc2-c2ccc(OC)cc2)cc1. The molecule has 1 N–H and O–H groups in total. The number of ether oxygens (including phenoxy) is 1. The van der Waals surface area contributed by atoms with Gasteiger partial charge in [-0.05, 0) is 66.4 Å². The second kappa shape index (κ2) is 10.3. The number of benzene rings is 2. The first-order valence-corrected chi connectivity index (χ1v) is 11.7. The molecule has 168 valence electrons. The highest BCUT2D eigenvalue weighted by Crippen LogP contribution is 2.26. The highest BCUT2D eigenvalue weighted by Gasteiger charge is 2.17. The number of aromatic nitrogens is 2. The molecule has 0 fully saturated rings. The molecule has 0 aliphatic rings. The van der Waals surface area contributed by atoms with Gasteiger partial charge < -0.3 is 10.1 Å². The van der Waals surface area contributed by atoms with Crippen LogP contribution in [0.3, 0.4) is 0 Å². The van der Waals surface area contributed by atoms with Gasteiger partial charge in [0.15, 0.2) is 5.78 Å². The van der Waals surface area contributed by atoms with Gasteiger partial charge in [-0.3, -0.25) is 9.59 Å². The van der Waals surface area contributed by atoms with Gasteiger partial charge in [0, 0.05) is 41.5 Å². The summed E-state index contributed by atoms with van der Waals surface area (Å²) in [5.74, 6) is 0.745. The van der Waals surface area contributed by atoms with Crippen LogP contribution in [0.15, 0.2) is 72.2 Å². The van der Waals surface area contributed by atoms with Gasteiger partial charge in [-0.25, -0.2) is 4.68 Å². The maximum absolute atomic E-state index is 12.9. The molecular formula is C26H25N3O3S. The molecule has 4 rings (SSSR count). The van der Waals surface area contributed by atoms with Gasteiger partial charge in [-0.1, -0.05) is 13.0 Å². The minimum atomic E-state index is -0.162. The first kappa shape index (κ1) is 22.5. The number of rotatable bonds is 9. The molecule has 6 nitrogen and oxygen atoms in total. The van der Waals surface area contributed by atoms with Crippen LogP contribution in [0.1, 0.15) is 45.4 Å². The maximum Gasteiger partial charge on any atom is 0.288 e. The highest BCUT2D eigenvalue weighted by atomic mass is 32.1. The van der Waals surface area contributed by atoms with E-state index < -0.39 is 0 Å². The number of carbonyl (C=O) groups is 2. The Bertz CT molecular complexity index is 1230. The average Bonchev–Trinajstić information content (AvgIpc) is 3.53. The fourth-order valence-electron chi connectivity index (χ4n) is 3.49. The predicted molar refractivity (Wildman–Crippen MR) is 131 cm³/mol. The maximum atomic E-state index is 12.9. The molecule has 4 aromatic rings. The third-order valence-corrected chi connectivity index (χ3v) is 6.12. The second-order valence-electron chi connectivity index (χ2n) is 7.56. The van der Waals surface area contributed by atoms with Crippen LogP contribution in [0.2, 0.25) is 0 Å². The Morgan fingerprint density at radius 1 is 1.06 bits per heavy atom. The van der Waals surface area contributed by atoms with Gasteiger partial charge in [0.1, 0.15) is 5.75 Å². The molecule has 7 heteroatoms. The molecule has 0 spiro atoms. The van der Waals surface area contributed by atoms with Gasteiger partial charge in [0.25, 0.3) is 5.91 Å². The number of nitrogens with one attached hydrogen (secondary N) is 1. The second-order valence-corrected chi connectivity index (χ2v) is 8.51. The Hall–Kier alpha value is -3.71. The van der Waals surface area contributed by atoms with E-state index >= 15 is 0 Å². The van der Waals surface area contributed by atoms with Crippen LogP contribution in [-0.2, 0) is 6.54 Å². The number of hydrogen-bond donors (Lipinski definition) is 1. The normalized spacial score (nSPS) is 10.7. The van der Waals surface area contributed by atoms with E-state index in [1.165, 1.54) is 16.0 Å². The number of thiophene rings is 1. The molecular weight excluding hydrogens is 434 g/mol. The molecule has 0 aliphatic carbocycles. The number of ketones is 1. The molecule has 2 aromatic carbocycles. The van der Waals surface area contributed by atoms with E-state index in [9.17, 15) is 9.59 Å². The number of anilines is 1. The zero-order chi connectivity index (χ0) is 23.2. The van der Waals surface area contributed by atoms with E-state index in [-0.39, 0.29) is 11.7 Å². The predicted octanol–water partition coefficient (Wildman–Crippen LogP) is 5.90. The fraction of sp³-hybridized carbons (Fsp3) is 0.192. The fourth-order valence-corrected chi connectivity index (χ4v) is 4.15. The van der Waals surface area contributed by atoms with Crippen molar-refractivity contribution in [1.29, 1.82) is 0 Å². The summed E-state index contributed by atoms with van der Waals surface area (Å²) < 4.78 is 6.66. The summed E-state index contributed by atoms with van der Waals surface area (Å²) in [5, 5.41) is 9.86. The Labute approximate surface area is 196 Å². The lowest BCUT2D eigenvalue weighted by Crippen LogP contribution is -2.11. The number of Topliss-reactive ketones (excluding diaryl/α,β-unsaturated/α-hetero) is 1.